The van der Waals surface area contributed by atoms with Crippen molar-refractivity contribution in [1.82, 2.24) is 10.2 Å². The highest BCUT2D eigenvalue weighted by Gasteiger charge is 2.20. The molecule has 0 spiro atoms. The monoisotopic (exact) mass is 429 g/mol. The summed E-state index contributed by atoms with van der Waals surface area (Å²) in [7, 11) is 0. The summed E-state index contributed by atoms with van der Waals surface area (Å²) in [5.74, 6) is -2.90. The molecule has 2 N–H and O–H groups in total. The number of nitrogens with zero attached hydrogens (tertiary/aromatic N) is 3. The molecule has 0 amide bonds. The Morgan fingerprint density at radius 1 is 1.03 bits per heavy atom. The molecule has 0 atom stereocenters. The largest absolute Gasteiger partial charge is 0.403 e. The van der Waals surface area contributed by atoms with Crippen LogP contribution < -0.4 is 10.6 Å². The van der Waals surface area contributed by atoms with E-state index >= 15 is 0 Å². The number of hydrogen-bond acceptors (Lipinski definition) is 6. The highest BCUT2D eigenvalue weighted by atomic mass is 19.2. The molecule has 0 radical (unpaired) electrons. The standard InChI is InChI=1S/C22H22F3N5O/c1-2-14-7-10-18(17(24)13-14)28-20-15(8-9-16(23)19(20)25)21-29-30-22(31-21)27-12-6-4-3-5-11-26/h7-10,13,28H,2-6,12H2,1H3,(H,27,30). The molecule has 3 aromatic rings. The van der Waals surface area contributed by atoms with Crippen molar-refractivity contribution in [3.8, 4) is 17.5 Å². The van der Waals surface area contributed by atoms with Gasteiger partial charge in [-0.05, 0) is 49.1 Å². The number of benzene rings is 2. The van der Waals surface area contributed by atoms with E-state index in [2.05, 4.69) is 26.9 Å². The van der Waals surface area contributed by atoms with E-state index in [0.29, 0.717) is 19.4 Å². The lowest BCUT2D eigenvalue weighted by Gasteiger charge is -2.13. The molecule has 162 valence electrons. The van der Waals surface area contributed by atoms with E-state index in [1.54, 1.807) is 6.07 Å². The number of aryl methyl sites for hydroxylation is 1. The van der Waals surface area contributed by atoms with E-state index in [4.69, 9.17) is 9.68 Å². The van der Waals surface area contributed by atoms with Crippen LogP contribution in [0.5, 0.6) is 0 Å². The Morgan fingerprint density at radius 3 is 2.61 bits per heavy atom. The van der Waals surface area contributed by atoms with Crippen LogP contribution in [0.15, 0.2) is 34.7 Å². The predicted octanol–water partition coefficient (Wildman–Crippen LogP) is 5.96. The van der Waals surface area contributed by atoms with Gasteiger partial charge >= 0.3 is 6.01 Å². The molecule has 0 aliphatic heterocycles. The number of aromatic nitrogens is 2. The van der Waals surface area contributed by atoms with Crippen LogP contribution in [0.2, 0.25) is 0 Å². The Labute approximate surface area is 178 Å². The van der Waals surface area contributed by atoms with E-state index in [0.717, 1.165) is 30.9 Å². The van der Waals surface area contributed by atoms with Crippen LogP contribution >= 0.6 is 0 Å². The van der Waals surface area contributed by atoms with Gasteiger partial charge in [0.25, 0.3) is 5.89 Å². The van der Waals surface area contributed by atoms with Crippen molar-refractivity contribution in [2.75, 3.05) is 17.2 Å². The number of nitriles is 1. The second-order valence-corrected chi connectivity index (χ2v) is 6.88. The number of rotatable bonds is 10. The minimum Gasteiger partial charge on any atom is -0.403 e. The highest BCUT2D eigenvalue weighted by molar-refractivity contribution is 5.78. The molecular formula is C22H22F3N5O. The summed E-state index contributed by atoms with van der Waals surface area (Å²) in [5, 5.41) is 21.9. The molecule has 0 aliphatic rings. The number of nitrogens with one attached hydrogen (secondary N) is 2. The third kappa shape index (κ3) is 5.54. The first-order valence-corrected chi connectivity index (χ1v) is 10.0. The van der Waals surface area contributed by atoms with Gasteiger partial charge in [-0.15, -0.1) is 5.10 Å². The number of unbranched alkanes of at least 4 members (excludes halogenated alkanes) is 3. The molecule has 1 aromatic heterocycles. The maximum absolute atomic E-state index is 14.6. The van der Waals surface area contributed by atoms with Crippen LogP contribution in [0.1, 0.15) is 38.2 Å². The van der Waals surface area contributed by atoms with Crippen LogP contribution in [0.25, 0.3) is 11.5 Å². The summed E-state index contributed by atoms with van der Waals surface area (Å²) in [5.41, 5.74) is 0.587. The molecular weight excluding hydrogens is 407 g/mol. The summed E-state index contributed by atoms with van der Waals surface area (Å²) in [6.07, 6.45) is 3.66. The normalized spacial score (nSPS) is 10.7. The molecule has 0 fully saturated rings. The highest BCUT2D eigenvalue weighted by Crippen LogP contribution is 2.34. The zero-order valence-electron chi connectivity index (χ0n) is 17.0. The second-order valence-electron chi connectivity index (χ2n) is 6.88. The maximum atomic E-state index is 14.6. The molecule has 9 heteroatoms. The van der Waals surface area contributed by atoms with Crippen molar-refractivity contribution in [3.05, 3.63) is 53.3 Å². The fourth-order valence-electron chi connectivity index (χ4n) is 2.97. The second kappa shape index (κ2) is 10.5. The molecule has 0 bridgehead atoms. The average Bonchev–Trinajstić information content (AvgIpc) is 3.23. The van der Waals surface area contributed by atoms with Gasteiger partial charge in [0.05, 0.1) is 23.0 Å². The van der Waals surface area contributed by atoms with Crippen molar-refractivity contribution in [2.45, 2.75) is 39.0 Å². The summed E-state index contributed by atoms with van der Waals surface area (Å²) < 4.78 is 48.4. The lowest BCUT2D eigenvalue weighted by Crippen LogP contribution is -2.02. The van der Waals surface area contributed by atoms with Crippen molar-refractivity contribution in [3.63, 3.8) is 0 Å². The quantitative estimate of drug-likeness (QED) is 0.387. The minimum absolute atomic E-state index is 0.00168. The van der Waals surface area contributed by atoms with Gasteiger partial charge in [0.1, 0.15) is 5.82 Å². The van der Waals surface area contributed by atoms with Crippen LogP contribution in [-0.4, -0.2) is 16.7 Å². The smallest absolute Gasteiger partial charge is 0.315 e. The fourth-order valence-corrected chi connectivity index (χ4v) is 2.97. The van der Waals surface area contributed by atoms with E-state index in [1.807, 2.05) is 6.92 Å². The van der Waals surface area contributed by atoms with E-state index in [1.165, 1.54) is 18.2 Å². The van der Waals surface area contributed by atoms with Gasteiger partial charge in [-0.25, -0.2) is 13.2 Å². The molecule has 3 rings (SSSR count). The Balaban J connectivity index is 1.79. The zero-order chi connectivity index (χ0) is 22.2. The topological polar surface area (TPSA) is 86.8 Å². The summed E-state index contributed by atoms with van der Waals surface area (Å²) >= 11 is 0. The molecule has 31 heavy (non-hydrogen) atoms. The number of anilines is 3. The van der Waals surface area contributed by atoms with Gasteiger partial charge in [0.15, 0.2) is 11.6 Å². The van der Waals surface area contributed by atoms with Crippen molar-refractivity contribution in [1.29, 1.82) is 5.26 Å². The van der Waals surface area contributed by atoms with Gasteiger partial charge in [0.2, 0.25) is 0 Å². The van der Waals surface area contributed by atoms with Gasteiger partial charge in [-0.1, -0.05) is 24.5 Å². The number of hydrogen-bond donors (Lipinski definition) is 2. The average molecular weight is 429 g/mol. The van der Waals surface area contributed by atoms with Crippen LogP contribution in [0.4, 0.5) is 30.6 Å². The molecule has 0 saturated carbocycles. The molecule has 0 saturated heterocycles. The van der Waals surface area contributed by atoms with Crippen LogP contribution in [0.3, 0.4) is 0 Å². The molecule has 1 heterocycles. The van der Waals surface area contributed by atoms with Crippen LogP contribution in [-0.2, 0) is 6.42 Å². The molecule has 0 aliphatic carbocycles. The third-order valence-electron chi connectivity index (χ3n) is 4.69. The first-order chi connectivity index (χ1) is 15.0. The van der Waals surface area contributed by atoms with Gasteiger partial charge in [-0.3, -0.25) is 0 Å². The van der Waals surface area contributed by atoms with Gasteiger partial charge in [0, 0.05) is 13.0 Å². The SMILES string of the molecule is CCc1ccc(Nc2c(-c3nnc(NCCCCCC#N)o3)ccc(F)c2F)c(F)c1. The van der Waals surface area contributed by atoms with Crippen molar-refractivity contribution < 1.29 is 17.6 Å². The van der Waals surface area contributed by atoms with E-state index < -0.39 is 17.5 Å². The Morgan fingerprint density at radius 2 is 1.87 bits per heavy atom. The van der Waals surface area contributed by atoms with Gasteiger partial charge < -0.3 is 15.1 Å². The summed E-state index contributed by atoms with van der Waals surface area (Å²) in [6.45, 7) is 2.45. The molecule has 6 nitrogen and oxygen atoms in total. The predicted molar refractivity (Wildman–Crippen MR) is 111 cm³/mol. The Hall–Kier alpha value is -3.54. The van der Waals surface area contributed by atoms with E-state index in [-0.39, 0.29) is 28.8 Å². The van der Waals surface area contributed by atoms with Gasteiger partial charge in [-0.2, -0.15) is 5.26 Å². The first-order valence-electron chi connectivity index (χ1n) is 10.0. The minimum atomic E-state index is -1.18. The third-order valence-corrected chi connectivity index (χ3v) is 4.69. The van der Waals surface area contributed by atoms with Crippen molar-refractivity contribution in [2.24, 2.45) is 0 Å². The fraction of sp³-hybridized carbons (Fsp3) is 0.318. The molecule has 0 unspecified atom stereocenters. The first kappa shape index (κ1) is 22.2. The Kier molecular flexibility index (Phi) is 7.49. The number of halogens is 3. The molecule has 2 aromatic carbocycles. The lowest BCUT2D eigenvalue weighted by atomic mass is 10.1. The maximum Gasteiger partial charge on any atom is 0.315 e. The van der Waals surface area contributed by atoms with Crippen molar-refractivity contribution >= 4 is 17.4 Å². The van der Waals surface area contributed by atoms with Crippen LogP contribution in [0, 0.1) is 28.8 Å². The summed E-state index contributed by atoms with van der Waals surface area (Å²) in [4.78, 5) is 0. The Bertz CT molecular complexity index is 1080. The lowest BCUT2D eigenvalue weighted by molar-refractivity contribution is 0.510. The zero-order valence-corrected chi connectivity index (χ0v) is 17.0. The van der Waals surface area contributed by atoms with E-state index in [9.17, 15) is 13.2 Å². The summed E-state index contributed by atoms with van der Waals surface area (Å²) in [6, 6.07) is 8.96.